The Morgan fingerprint density at radius 2 is 1.38 bits per heavy atom. The van der Waals surface area contributed by atoms with E-state index in [1.165, 1.54) is 0 Å². The highest BCUT2D eigenvalue weighted by molar-refractivity contribution is 6.39. The summed E-state index contributed by atoms with van der Waals surface area (Å²) in [7, 11) is 1.66. The first kappa shape index (κ1) is 31.6. The highest BCUT2D eigenvalue weighted by atomic mass is 16.5. The Kier molecular flexibility index (Phi) is 9.72. The summed E-state index contributed by atoms with van der Waals surface area (Å²) in [6.45, 7) is 8.71. The minimum atomic E-state index is -0.221. The van der Waals surface area contributed by atoms with Crippen LogP contribution in [0.4, 0.5) is 17.1 Å². The van der Waals surface area contributed by atoms with E-state index in [4.69, 9.17) is 4.74 Å². The Balaban J connectivity index is 1.42. The van der Waals surface area contributed by atoms with Crippen molar-refractivity contribution >= 4 is 34.1 Å². The standard InChI is InChI=1S/C39H42N2O4/c1-6-8-26(3)40(32-18-22-34(42)23-19-32)30-14-10-28(11-15-30)36-38(43)37(39(36)44)29-12-16-31(17-13-29)41(27(4)9-7-2)33-20-24-35(45-5)25-21-33/h10-27H,6-9H2,1-5H3,(H-,42,43,44). The maximum Gasteiger partial charge on any atom is 0.206 e. The molecule has 0 saturated carbocycles. The van der Waals surface area contributed by atoms with E-state index in [0.717, 1.165) is 54.2 Å². The van der Waals surface area contributed by atoms with Crippen molar-refractivity contribution < 1.29 is 24.3 Å². The fraction of sp³-hybridized carbons (Fsp3) is 0.282. The van der Waals surface area contributed by atoms with Gasteiger partial charge in [0, 0.05) is 59.3 Å². The minimum absolute atomic E-state index is 0.220. The molecule has 45 heavy (non-hydrogen) atoms. The van der Waals surface area contributed by atoms with Crippen molar-refractivity contribution in [3.8, 4) is 11.5 Å². The highest BCUT2D eigenvalue weighted by Crippen LogP contribution is 2.39. The second-order valence-corrected chi connectivity index (χ2v) is 11.7. The summed E-state index contributed by atoms with van der Waals surface area (Å²) in [6.07, 6.45) is 11.7. The molecule has 3 aromatic carbocycles. The normalized spacial score (nSPS) is 15.7. The third-order valence-corrected chi connectivity index (χ3v) is 8.55. The second-order valence-electron chi connectivity index (χ2n) is 11.7. The van der Waals surface area contributed by atoms with Crippen molar-refractivity contribution in [2.45, 2.75) is 65.5 Å². The first-order chi connectivity index (χ1) is 21.8. The maximum absolute atomic E-state index is 13.4. The number of phenols is 1. The molecule has 2 aliphatic rings. The number of phenolic OH excluding ortho intramolecular Hbond substituents is 1. The lowest BCUT2D eigenvalue weighted by atomic mass is 9.80. The molecule has 5 rings (SSSR count). The zero-order chi connectivity index (χ0) is 32.1. The zero-order valence-electron chi connectivity index (χ0n) is 26.8. The van der Waals surface area contributed by atoms with Crippen molar-refractivity contribution in [1.29, 1.82) is 0 Å². The molecule has 0 aliphatic heterocycles. The van der Waals surface area contributed by atoms with Gasteiger partial charge in [0.25, 0.3) is 0 Å². The number of ether oxygens (including phenoxy) is 1. The summed E-state index contributed by atoms with van der Waals surface area (Å²) in [4.78, 5) is 15.7. The zero-order valence-corrected chi connectivity index (χ0v) is 26.8. The Bertz CT molecular complexity index is 1670. The summed E-state index contributed by atoms with van der Waals surface area (Å²) < 4.78 is 7.56. The predicted molar refractivity (Wildman–Crippen MR) is 181 cm³/mol. The molecule has 2 aliphatic carbocycles. The van der Waals surface area contributed by atoms with Crippen LogP contribution in [0.15, 0.2) is 114 Å². The van der Waals surface area contributed by atoms with E-state index in [1.807, 2.05) is 85.0 Å². The van der Waals surface area contributed by atoms with Crippen molar-refractivity contribution in [1.82, 2.24) is 0 Å². The number of hydrogen-bond acceptors (Lipinski definition) is 5. The third-order valence-electron chi connectivity index (χ3n) is 8.55. The molecule has 1 N–H and O–H groups in total. The van der Waals surface area contributed by atoms with Crippen molar-refractivity contribution in [3.63, 3.8) is 0 Å². The van der Waals surface area contributed by atoms with Gasteiger partial charge in [-0.3, -0.25) is 4.79 Å². The summed E-state index contributed by atoms with van der Waals surface area (Å²) in [5.41, 5.74) is 5.72. The van der Waals surface area contributed by atoms with Crippen LogP contribution in [0.3, 0.4) is 0 Å². The second kappa shape index (κ2) is 13.9. The van der Waals surface area contributed by atoms with Gasteiger partial charge in [0.2, 0.25) is 11.4 Å². The summed E-state index contributed by atoms with van der Waals surface area (Å²) in [5, 5.41) is 23.2. The van der Waals surface area contributed by atoms with Crippen molar-refractivity contribution in [3.05, 3.63) is 120 Å². The number of Topliss-reactive ketones (excluding diaryl/α,β-unsaturated/α-hetero) is 1. The molecular formula is C39H42N2O4. The van der Waals surface area contributed by atoms with Gasteiger partial charge >= 0.3 is 0 Å². The summed E-state index contributed by atoms with van der Waals surface area (Å²) >= 11 is 0. The Morgan fingerprint density at radius 1 is 0.800 bits per heavy atom. The molecule has 0 radical (unpaired) electrons. The number of anilines is 2. The predicted octanol–water partition coefficient (Wildman–Crippen LogP) is 7.78. The van der Waals surface area contributed by atoms with Crippen molar-refractivity contribution in [2.24, 2.45) is 0 Å². The van der Waals surface area contributed by atoms with E-state index in [-0.39, 0.29) is 40.5 Å². The van der Waals surface area contributed by atoms with Crippen LogP contribution in [0, 0.1) is 0 Å². The van der Waals surface area contributed by atoms with Crippen LogP contribution in [-0.2, 0) is 4.79 Å². The van der Waals surface area contributed by atoms with E-state index < -0.39 is 0 Å². The molecule has 6 nitrogen and oxygen atoms in total. The van der Waals surface area contributed by atoms with Crippen LogP contribution in [-0.4, -0.2) is 40.4 Å². The van der Waals surface area contributed by atoms with Gasteiger partial charge in [0.05, 0.1) is 7.11 Å². The van der Waals surface area contributed by atoms with Gasteiger partial charge in [0.1, 0.15) is 11.5 Å². The molecule has 3 aromatic rings. The van der Waals surface area contributed by atoms with Crippen LogP contribution < -0.4 is 14.7 Å². The lowest BCUT2D eigenvalue weighted by molar-refractivity contribution is -0.480. The van der Waals surface area contributed by atoms with Gasteiger partial charge in [0.15, 0.2) is 11.8 Å². The van der Waals surface area contributed by atoms with Gasteiger partial charge < -0.3 is 19.8 Å². The quantitative estimate of drug-likeness (QED) is 0.179. The smallest absolute Gasteiger partial charge is 0.206 e. The monoisotopic (exact) mass is 602 g/mol. The number of methoxy groups -OCH3 is 1. The Morgan fingerprint density at radius 3 is 1.91 bits per heavy atom. The number of hydrogen-bond donors (Lipinski definition) is 1. The molecule has 0 saturated heterocycles. The molecule has 232 valence electrons. The Hall–Kier alpha value is -4.84. The lowest BCUT2D eigenvalue weighted by Gasteiger charge is -2.34. The number of benzene rings is 3. The number of ketones is 1. The molecule has 2 unspecified atom stereocenters. The molecular weight excluding hydrogens is 560 g/mol. The van der Waals surface area contributed by atoms with Gasteiger partial charge in [-0.2, -0.15) is 4.58 Å². The molecule has 0 heterocycles. The molecule has 0 fully saturated rings. The number of carbonyl (C=O) groups is 1. The molecule has 0 amide bonds. The molecule has 0 bridgehead atoms. The highest BCUT2D eigenvalue weighted by Gasteiger charge is 2.31. The van der Waals surface area contributed by atoms with Crippen molar-refractivity contribution in [2.75, 3.05) is 12.0 Å². The minimum Gasteiger partial charge on any atom is -0.871 e. The number of aromatic hydroxyl groups is 1. The van der Waals surface area contributed by atoms with E-state index in [1.54, 1.807) is 19.2 Å². The average Bonchev–Trinajstić information content (AvgIpc) is 3.04. The van der Waals surface area contributed by atoms with Crippen LogP contribution >= 0.6 is 0 Å². The summed E-state index contributed by atoms with van der Waals surface area (Å²) in [6, 6.07) is 23.4. The third kappa shape index (κ3) is 6.51. The van der Waals surface area contributed by atoms with Crippen LogP contribution in [0.5, 0.6) is 11.5 Å². The van der Waals surface area contributed by atoms with Crippen LogP contribution in [0.2, 0.25) is 0 Å². The number of carbonyl (C=O) groups excluding carboxylic acids is 1. The Labute approximate surface area is 266 Å². The molecule has 2 atom stereocenters. The van der Waals surface area contributed by atoms with Gasteiger partial charge in [-0.15, -0.1) is 0 Å². The topological polar surface area (TPSA) is 75.8 Å². The van der Waals surface area contributed by atoms with Crippen LogP contribution in [0.1, 0.15) is 58.9 Å². The maximum atomic E-state index is 13.4. The summed E-state index contributed by atoms with van der Waals surface area (Å²) in [5.74, 6) is 0.583. The largest absolute Gasteiger partial charge is 0.871 e. The van der Waals surface area contributed by atoms with E-state index in [0.29, 0.717) is 11.1 Å². The molecule has 0 aromatic heterocycles. The van der Waals surface area contributed by atoms with E-state index in [2.05, 4.69) is 37.2 Å². The van der Waals surface area contributed by atoms with E-state index in [9.17, 15) is 15.0 Å². The first-order valence-corrected chi connectivity index (χ1v) is 15.8. The molecule has 0 spiro atoms. The SMILES string of the molecule is CCCC(C)N(c1ccc(OC)cc1)c1ccc(C2=C([O-])C(=C3C=CC(=[N+](c4ccc(O)cc4)C(C)CCC)C=C3)C2=O)cc1. The molecule has 6 heteroatoms. The van der Waals surface area contributed by atoms with Gasteiger partial charge in [-0.25, -0.2) is 0 Å². The van der Waals surface area contributed by atoms with Gasteiger partial charge in [-0.1, -0.05) is 38.2 Å². The lowest BCUT2D eigenvalue weighted by Crippen LogP contribution is -2.31. The fourth-order valence-corrected chi connectivity index (χ4v) is 6.26. The fourth-order valence-electron chi connectivity index (χ4n) is 6.26. The van der Waals surface area contributed by atoms with E-state index >= 15 is 0 Å². The number of rotatable bonds is 11. The average molecular weight is 603 g/mol. The van der Waals surface area contributed by atoms with Crippen LogP contribution in [0.25, 0.3) is 5.57 Å². The first-order valence-electron chi connectivity index (χ1n) is 15.8. The number of nitrogens with zero attached hydrogens (tertiary/aromatic N) is 2. The van der Waals surface area contributed by atoms with Gasteiger partial charge in [-0.05, 0) is 98.5 Å². The number of allylic oxidation sites excluding steroid dienone is 7.